The van der Waals surface area contributed by atoms with Gasteiger partial charge in [0.25, 0.3) is 0 Å². The minimum absolute atomic E-state index is 0.334. The van der Waals surface area contributed by atoms with Crippen molar-refractivity contribution in [1.82, 2.24) is 0 Å². The summed E-state index contributed by atoms with van der Waals surface area (Å²) in [6.07, 6.45) is 10.5. The number of carbonyl (C=O) groups excluding carboxylic acids is 2. The van der Waals surface area contributed by atoms with Gasteiger partial charge >= 0.3 is 11.9 Å². The number of esters is 2. The van der Waals surface area contributed by atoms with Crippen LogP contribution in [0, 0.1) is 11.3 Å². The Bertz CT molecular complexity index is 499. The van der Waals surface area contributed by atoms with E-state index in [1.807, 2.05) is 38.2 Å². The van der Waals surface area contributed by atoms with Crippen LogP contribution >= 0.6 is 0 Å². The molecule has 0 bridgehead atoms. The molecule has 4 heteroatoms. The van der Waals surface area contributed by atoms with Crippen LogP contribution in [-0.4, -0.2) is 26.2 Å². The van der Waals surface area contributed by atoms with E-state index in [1.54, 1.807) is 0 Å². The van der Waals surface area contributed by atoms with Crippen LogP contribution in [0.3, 0.4) is 0 Å². The molecule has 0 aromatic rings. The van der Waals surface area contributed by atoms with E-state index in [4.69, 9.17) is 9.47 Å². The van der Waals surface area contributed by atoms with Crippen molar-refractivity contribution in [3.63, 3.8) is 0 Å². The number of hydrogen-bond donors (Lipinski definition) is 0. The Morgan fingerprint density at radius 2 is 1.81 bits per heavy atom. The lowest BCUT2D eigenvalue weighted by Gasteiger charge is -2.30. The summed E-state index contributed by atoms with van der Waals surface area (Å²) in [5, 5.41) is 0. The lowest BCUT2D eigenvalue weighted by molar-refractivity contribution is -0.168. The molecule has 0 N–H and O–H groups in total. The highest BCUT2D eigenvalue weighted by molar-refractivity contribution is 6.03. The van der Waals surface area contributed by atoms with Crippen molar-refractivity contribution in [3.05, 3.63) is 41.7 Å². The van der Waals surface area contributed by atoms with Crippen molar-refractivity contribution < 1.29 is 19.1 Å². The number of rotatable bonds is 4. The maximum absolute atomic E-state index is 12.4. The van der Waals surface area contributed by atoms with Gasteiger partial charge in [0, 0.05) is 5.92 Å². The van der Waals surface area contributed by atoms with Crippen LogP contribution in [0.4, 0.5) is 0 Å². The molecule has 0 saturated heterocycles. The summed E-state index contributed by atoms with van der Waals surface area (Å²) in [4.78, 5) is 24.8. The highest BCUT2D eigenvalue weighted by Crippen LogP contribution is 2.38. The van der Waals surface area contributed by atoms with Crippen LogP contribution < -0.4 is 0 Å². The zero-order chi connectivity index (χ0) is 15.9. The molecule has 0 spiro atoms. The zero-order valence-corrected chi connectivity index (χ0v) is 13.0. The molecule has 0 fully saturated rings. The van der Waals surface area contributed by atoms with Crippen LogP contribution in [-0.2, 0) is 19.1 Å². The summed E-state index contributed by atoms with van der Waals surface area (Å²) in [7, 11) is 2.55. The molecule has 1 atom stereocenters. The lowest BCUT2D eigenvalue weighted by Crippen LogP contribution is -2.45. The van der Waals surface area contributed by atoms with Gasteiger partial charge in [0.05, 0.1) is 14.2 Å². The summed E-state index contributed by atoms with van der Waals surface area (Å²) < 4.78 is 9.78. The van der Waals surface area contributed by atoms with Gasteiger partial charge in [-0.25, -0.2) is 0 Å². The summed E-state index contributed by atoms with van der Waals surface area (Å²) >= 11 is 0. The van der Waals surface area contributed by atoms with E-state index in [2.05, 4.69) is 5.73 Å². The molecule has 1 aliphatic carbocycles. The van der Waals surface area contributed by atoms with E-state index < -0.39 is 17.4 Å². The van der Waals surface area contributed by atoms with Crippen molar-refractivity contribution in [3.8, 4) is 0 Å². The Morgan fingerprint density at radius 1 is 1.19 bits per heavy atom. The first-order valence-electron chi connectivity index (χ1n) is 6.90. The van der Waals surface area contributed by atoms with Gasteiger partial charge in [0.15, 0.2) is 5.41 Å². The normalized spacial score (nSPS) is 17.4. The third-order valence-corrected chi connectivity index (χ3v) is 3.45. The number of carbonyl (C=O) groups is 2. The smallest absolute Gasteiger partial charge is 0.328 e. The summed E-state index contributed by atoms with van der Waals surface area (Å²) in [5.41, 5.74) is 2.34. The predicted molar refractivity (Wildman–Crippen MR) is 80.4 cm³/mol. The molecule has 1 rings (SSSR count). The Balaban J connectivity index is 3.46. The standard InChI is InChI=1S/C17H22O4/c1-13(2)11-12-17(15(18)20-3,16(19)21-4)14-9-7-5-6-8-10-14/h5-7,9,12,14H,8,10H2,1-4H3. The van der Waals surface area contributed by atoms with Gasteiger partial charge in [-0.15, -0.1) is 5.73 Å². The molecule has 0 radical (unpaired) electrons. The lowest BCUT2D eigenvalue weighted by atomic mass is 9.72. The first-order valence-corrected chi connectivity index (χ1v) is 6.90. The predicted octanol–water partition coefficient (Wildman–Crippen LogP) is 2.96. The highest BCUT2D eigenvalue weighted by atomic mass is 16.5. The largest absolute Gasteiger partial charge is 0.468 e. The molecule has 0 saturated carbocycles. The fourth-order valence-corrected chi connectivity index (χ4v) is 2.33. The molecule has 0 aromatic carbocycles. The Hall–Kier alpha value is -2.06. The molecule has 0 amide bonds. The minimum atomic E-state index is -1.50. The molecule has 1 aliphatic rings. The monoisotopic (exact) mass is 290 g/mol. The van der Waals surface area contributed by atoms with Crippen LogP contribution in [0.1, 0.15) is 26.7 Å². The van der Waals surface area contributed by atoms with E-state index in [0.29, 0.717) is 6.42 Å². The Morgan fingerprint density at radius 3 is 2.33 bits per heavy atom. The van der Waals surface area contributed by atoms with Crippen LogP contribution in [0.5, 0.6) is 0 Å². The first-order chi connectivity index (χ1) is 9.98. The van der Waals surface area contributed by atoms with Crippen molar-refractivity contribution >= 4 is 11.9 Å². The average molecular weight is 290 g/mol. The topological polar surface area (TPSA) is 52.6 Å². The third kappa shape index (κ3) is 3.73. The van der Waals surface area contributed by atoms with Gasteiger partial charge in [-0.2, -0.15) is 0 Å². The van der Waals surface area contributed by atoms with Crippen molar-refractivity contribution in [1.29, 1.82) is 0 Å². The fraction of sp³-hybridized carbons (Fsp3) is 0.471. The summed E-state index contributed by atoms with van der Waals surface area (Å²) in [6, 6.07) is 0. The Labute approximate surface area is 125 Å². The second-order valence-corrected chi connectivity index (χ2v) is 5.14. The number of methoxy groups -OCH3 is 2. The zero-order valence-electron chi connectivity index (χ0n) is 13.0. The van der Waals surface area contributed by atoms with E-state index in [9.17, 15) is 9.59 Å². The van der Waals surface area contributed by atoms with Gasteiger partial charge in [-0.3, -0.25) is 9.59 Å². The summed E-state index contributed by atoms with van der Waals surface area (Å²) in [6.45, 7) is 3.70. The third-order valence-electron chi connectivity index (χ3n) is 3.45. The average Bonchev–Trinajstić information content (AvgIpc) is 2.76. The molecule has 1 unspecified atom stereocenters. The first kappa shape index (κ1) is 17.0. The van der Waals surface area contributed by atoms with Gasteiger partial charge < -0.3 is 9.47 Å². The molecule has 21 heavy (non-hydrogen) atoms. The van der Waals surface area contributed by atoms with Crippen LogP contribution in [0.25, 0.3) is 0 Å². The Kier molecular flexibility index (Phi) is 6.19. The fourth-order valence-electron chi connectivity index (χ4n) is 2.33. The number of hydrogen-bond acceptors (Lipinski definition) is 4. The van der Waals surface area contributed by atoms with Crippen LogP contribution in [0.15, 0.2) is 41.7 Å². The minimum Gasteiger partial charge on any atom is -0.468 e. The van der Waals surface area contributed by atoms with Crippen molar-refractivity contribution in [2.75, 3.05) is 14.2 Å². The van der Waals surface area contributed by atoms with Gasteiger partial charge in [0.1, 0.15) is 0 Å². The van der Waals surface area contributed by atoms with E-state index in [1.165, 1.54) is 20.3 Å². The SMILES string of the molecule is COC(=O)C(C=C=C(C)C)(C(=O)OC)C1C=CC=CCC1. The number of ether oxygens (including phenoxy) is 2. The quantitative estimate of drug-likeness (QED) is 0.454. The second kappa shape index (κ2) is 7.65. The number of allylic oxidation sites excluding steroid dienone is 4. The van der Waals surface area contributed by atoms with Gasteiger partial charge in [0.2, 0.25) is 0 Å². The molecule has 114 valence electrons. The van der Waals surface area contributed by atoms with E-state index in [-0.39, 0.29) is 5.92 Å². The van der Waals surface area contributed by atoms with E-state index >= 15 is 0 Å². The van der Waals surface area contributed by atoms with Crippen molar-refractivity contribution in [2.24, 2.45) is 11.3 Å². The molecule has 4 nitrogen and oxygen atoms in total. The van der Waals surface area contributed by atoms with Crippen LogP contribution in [0.2, 0.25) is 0 Å². The van der Waals surface area contributed by atoms with Gasteiger partial charge in [-0.05, 0) is 38.3 Å². The van der Waals surface area contributed by atoms with Gasteiger partial charge in [-0.1, -0.05) is 24.3 Å². The second-order valence-electron chi connectivity index (χ2n) is 5.14. The molecule has 0 aromatic heterocycles. The molecular weight excluding hydrogens is 268 g/mol. The maximum Gasteiger partial charge on any atom is 0.328 e. The molecule has 0 aliphatic heterocycles. The molecule has 0 heterocycles. The van der Waals surface area contributed by atoms with E-state index in [0.717, 1.165) is 12.0 Å². The maximum atomic E-state index is 12.4. The highest BCUT2D eigenvalue weighted by Gasteiger charge is 2.51. The van der Waals surface area contributed by atoms with Crippen molar-refractivity contribution in [2.45, 2.75) is 26.7 Å². The summed E-state index contributed by atoms with van der Waals surface area (Å²) in [5.74, 6) is -1.58. The molecular formula is C17H22O4.